The molecular weight excluding hydrogens is 214 g/mol. The van der Waals surface area contributed by atoms with E-state index in [1.54, 1.807) is 17.3 Å². The molecule has 1 aromatic rings. The third-order valence-corrected chi connectivity index (χ3v) is 3.66. The molecule has 2 rings (SSSR count). The van der Waals surface area contributed by atoms with Crippen LogP contribution in [0.25, 0.3) is 0 Å². The van der Waals surface area contributed by atoms with Crippen LogP contribution in [0.2, 0.25) is 0 Å². The molecule has 0 radical (unpaired) electrons. The Balaban J connectivity index is 1.97. The van der Waals surface area contributed by atoms with E-state index in [4.69, 9.17) is 0 Å². The molecule has 0 aromatic carbocycles. The summed E-state index contributed by atoms with van der Waals surface area (Å²) in [7, 11) is 1.84. The van der Waals surface area contributed by atoms with Crippen molar-refractivity contribution in [2.24, 2.45) is 5.92 Å². The first-order chi connectivity index (χ1) is 8.29. The molecule has 0 unspecified atom stereocenters. The molecule has 1 amide bonds. The second kappa shape index (κ2) is 5.84. The van der Waals surface area contributed by atoms with Crippen molar-refractivity contribution in [3.8, 4) is 0 Å². The van der Waals surface area contributed by atoms with Crippen molar-refractivity contribution in [1.29, 1.82) is 0 Å². The summed E-state index contributed by atoms with van der Waals surface area (Å²) in [6.07, 6.45) is 11.8. The number of amides is 1. The second-order valence-corrected chi connectivity index (χ2v) is 4.90. The van der Waals surface area contributed by atoms with Gasteiger partial charge in [0.15, 0.2) is 0 Å². The first-order valence-corrected chi connectivity index (χ1v) is 6.55. The van der Waals surface area contributed by atoms with Crippen LogP contribution in [-0.2, 0) is 4.79 Å². The van der Waals surface area contributed by atoms with E-state index in [0.29, 0.717) is 0 Å². The zero-order valence-corrected chi connectivity index (χ0v) is 10.5. The fraction of sp³-hybridized carbons (Fsp3) is 0.692. The van der Waals surface area contributed by atoms with Gasteiger partial charge < -0.3 is 4.90 Å². The van der Waals surface area contributed by atoms with Crippen LogP contribution in [0.15, 0.2) is 12.4 Å². The molecule has 1 heterocycles. The second-order valence-electron chi connectivity index (χ2n) is 4.90. The topological polar surface area (TPSA) is 49.0 Å². The van der Waals surface area contributed by atoms with E-state index in [2.05, 4.69) is 10.2 Å². The van der Waals surface area contributed by atoms with E-state index in [0.717, 1.165) is 18.5 Å². The molecule has 1 aliphatic rings. The van der Waals surface area contributed by atoms with E-state index in [-0.39, 0.29) is 11.8 Å². The van der Waals surface area contributed by atoms with Gasteiger partial charge in [0, 0.05) is 19.2 Å². The molecule has 1 aliphatic carbocycles. The van der Waals surface area contributed by atoms with Gasteiger partial charge in [-0.3, -0.25) is 9.89 Å². The van der Waals surface area contributed by atoms with E-state index >= 15 is 0 Å². The summed E-state index contributed by atoms with van der Waals surface area (Å²) in [6.45, 7) is 0. The highest BCUT2D eigenvalue weighted by molar-refractivity contribution is 5.94. The average molecular weight is 235 g/mol. The van der Waals surface area contributed by atoms with Gasteiger partial charge in [0.1, 0.15) is 0 Å². The maximum Gasteiger partial charge on any atom is 0.229 e. The maximum atomic E-state index is 12.3. The van der Waals surface area contributed by atoms with Crippen molar-refractivity contribution in [2.45, 2.75) is 44.9 Å². The number of hydrogen-bond acceptors (Lipinski definition) is 2. The highest BCUT2D eigenvalue weighted by Crippen LogP contribution is 2.25. The quantitative estimate of drug-likeness (QED) is 0.856. The highest BCUT2D eigenvalue weighted by Gasteiger charge is 2.23. The summed E-state index contributed by atoms with van der Waals surface area (Å²) in [6, 6.07) is 0. The first-order valence-electron chi connectivity index (χ1n) is 6.55. The molecule has 0 atom stereocenters. The number of carbonyl (C=O) groups is 1. The monoisotopic (exact) mass is 235 g/mol. The Bertz CT molecular complexity index is 340. The number of rotatable bonds is 2. The van der Waals surface area contributed by atoms with Crippen LogP contribution in [0.4, 0.5) is 5.69 Å². The molecule has 0 aliphatic heterocycles. The minimum absolute atomic E-state index is 0.204. The Morgan fingerprint density at radius 1 is 1.29 bits per heavy atom. The number of hydrogen-bond donors (Lipinski definition) is 1. The molecule has 1 fully saturated rings. The van der Waals surface area contributed by atoms with Gasteiger partial charge in [0.05, 0.1) is 11.9 Å². The van der Waals surface area contributed by atoms with Crippen LogP contribution in [0, 0.1) is 5.92 Å². The van der Waals surface area contributed by atoms with Gasteiger partial charge in [-0.15, -0.1) is 0 Å². The molecule has 1 saturated carbocycles. The van der Waals surface area contributed by atoms with Gasteiger partial charge in [-0.05, 0) is 12.8 Å². The lowest BCUT2D eigenvalue weighted by Gasteiger charge is -2.24. The molecule has 0 spiro atoms. The van der Waals surface area contributed by atoms with Crippen molar-refractivity contribution in [3.05, 3.63) is 12.4 Å². The maximum absolute atomic E-state index is 12.3. The van der Waals surface area contributed by atoms with Gasteiger partial charge >= 0.3 is 0 Å². The van der Waals surface area contributed by atoms with Gasteiger partial charge in [-0.1, -0.05) is 32.1 Å². The van der Waals surface area contributed by atoms with Crippen LogP contribution in [0.3, 0.4) is 0 Å². The summed E-state index contributed by atoms with van der Waals surface area (Å²) in [5.74, 6) is 0.448. The van der Waals surface area contributed by atoms with Crippen molar-refractivity contribution < 1.29 is 4.79 Å². The predicted molar refractivity (Wildman–Crippen MR) is 67.8 cm³/mol. The summed E-state index contributed by atoms with van der Waals surface area (Å²) in [5, 5.41) is 6.63. The van der Waals surface area contributed by atoms with Crippen LogP contribution in [0.5, 0.6) is 0 Å². The highest BCUT2D eigenvalue weighted by atomic mass is 16.2. The molecular formula is C13H21N3O. The van der Waals surface area contributed by atoms with Crippen molar-refractivity contribution in [1.82, 2.24) is 10.2 Å². The Hall–Kier alpha value is -1.32. The third kappa shape index (κ3) is 3.08. The van der Waals surface area contributed by atoms with Gasteiger partial charge in [-0.25, -0.2) is 0 Å². The fourth-order valence-electron chi connectivity index (χ4n) is 2.53. The van der Waals surface area contributed by atoms with Gasteiger partial charge in [0.25, 0.3) is 0 Å². The SMILES string of the molecule is CN(C(=O)C1CCCCCCC1)c1cn[nH]c1. The van der Waals surface area contributed by atoms with Gasteiger partial charge in [-0.2, -0.15) is 5.10 Å². The number of carbonyl (C=O) groups excluding carboxylic acids is 1. The standard InChI is InChI=1S/C13H21N3O/c1-16(12-9-14-15-10-12)13(17)11-7-5-3-2-4-6-8-11/h9-11H,2-8H2,1H3,(H,14,15). The predicted octanol–water partition coefficient (Wildman–Crippen LogP) is 2.73. The summed E-state index contributed by atoms with van der Waals surface area (Å²) in [5.41, 5.74) is 0.858. The zero-order valence-electron chi connectivity index (χ0n) is 10.5. The van der Waals surface area contributed by atoms with Crippen LogP contribution >= 0.6 is 0 Å². The van der Waals surface area contributed by atoms with Gasteiger partial charge in [0.2, 0.25) is 5.91 Å². The van der Waals surface area contributed by atoms with E-state index in [9.17, 15) is 4.79 Å². The Morgan fingerprint density at radius 2 is 1.94 bits per heavy atom. The Labute approximate surface area is 102 Å². The fourth-order valence-corrected chi connectivity index (χ4v) is 2.53. The van der Waals surface area contributed by atoms with Crippen molar-refractivity contribution in [2.75, 3.05) is 11.9 Å². The minimum Gasteiger partial charge on any atom is -0.312 e. The lowest BCUT2D eigenvalue weighted by Crippen LogP contribution is -2.33. The smallest absolute Gasteiger partial charge is 0.229 e. The molecule has 94 valence electrons. The lowest BCUT2D eigenvalue weighted by atomic mass is 9.90. The molecule has 0 saturated heterocycles. The Morgan fingerprint density at radius 3 is 2.53 bits per heavy atom. The van der Waals surface area contributed by atoms with Crippen LogP contribution in [0.1, 0.15) is 44.9 Å². The lowest BCUT2D eigenvalue weighted by molar-refractivity contribution is -0.122. The van der Waals surface area contributed by atoms with E-state index < -0.39 is 0 Å². The number of nitrogens with zero attached hydrogens (tertiary/aromatic N) is 2. The average Bonchev–Trinajstić information content (AvgIpc) is 2.80. The van der Waals surface area contributed by atoms with Crippen molar-refractivity contribution >= 4 is 11.6 Å². The summed E-state index contributed by atoms with van der Waals surface area (Å²) >= 11 is 0. The van der Waals surface area contributed by atoms with E-state index in [1.165, 1.54) is 32.1 Å². The molecule has 1 N–H and O–H groups in total. The van der Waals surface area contributed by atoms with Crippen LogP contribution < -0.4 is 4.90 Å². The van der Waals surface area contributed by atoms with Crippen molar-refractivity contribution in [3.63, 3.8) is 0 Å². The number of H-pyrrole nitrogens is 1. The molecule has 17 heavy (non-hydrogen) atoms. The first kappa shape index (κ1) is 12.1. The molecule has 1 aromatic heterocycles. The minimum atomic E-state index is 0.204. The molecule has 4 nitrogen and oxygen atoms in total. The molecule has 0 bridgehead atoms. The largest absolute Gasteiger partial charge is 0.312 e. The number of aromatic amines is 1. The summed E-state index contributed by atoms with van der Waals surface area (Å²) < 4.78 is 0. The normalized spacial score (nSPS) is 18.4. The van der Waals surface area contributed by atoms with E-state index in [1.807, 2.05) is 7.05 Å². The Kier molecular flexibility index (Phi) is 4.18. The van der Waals surface area contributed by atoms with Crippen LogP contribution in [-0.4, -0.2) is 23.2 Å². The summed E-state index contributed by atoms with van der Waals surface area (Å²) in [4.78, 5) is 14.1. The molecule has 4 heteroatoms. The number of aromatic nitrogens is 2. The zero-order chi connectivity index (χ0) is 12.1. The third-order valence-electron chi connectivity index (χ3n) is 3.66. The number of nitrogens with one attached hydrogen (secondary N) is 1. The number of anilines is 1.